The molecule has 100 valence electrons. The number of carbonyl (C=O) groups is 4. The minimum atomic E-state index is -0.369. The van der Waals surface area contributed by atoms with Crippen molar-refractivity contribution in [1.82, 2.24) is 9.80 Å². The van der Waals surface area contributed by atoms with E-state index in [4.69, 9.17) is 0 Å². The number of nitrogens with zero attached hydrogens (tertiary/aromatic N) is 2. The predicted molar refractivity (Wildman–Crippen MR) is 61.1 cm³/mol. The molecule has 4 atom stereocenters. The fourth-order valence-corrected chi connectivity index (χ4v) is 4.87. The van der Waals surface area contributed by atoms with Crippen LogP contribution in [-0.2, 0) is 19.2 Å². The summed E-state index contributed by atoms with van der Waals surface area (Å²) in [5, 5.41) is 0. The Labute approximate surface area is 109 Å². The van der Waals surface area contributed by atoms with Crippen LogP contribution in [0.1, 0.15) is 6.42 Å². The molecule has 0 radical (unpaired) electrons. The van der Waals surface area contributed by atoms with E-state index in [1.54, 1.807) is 0 Å². The maximum absolute atomic E-state index is 12.1. The van der Waals surface area contributed by atoms with E-state index in [1.807, 2.05) is 0 Å². The zero-order valence-corrected chi connectivity index (χ0v) is 10.7. The summed E-state index contributed by atoms with van der Waals surface area (Å²) < 4.78 is 0. The van der Waals surface area contributed by atoms with Crippen molar-refractivity contribution >= 4 is 23.6 Å². The Morgan fingerprint density at radius 1 is 0.684 bits per heavy atom. The highest BCUT2D eigenvalue weighted by Crippen LogP contribution is 2.63. The van der Waals surface area contributed by atoms with E-state index in [0.717, 1.165) is 0 Å². The Kier molecular flexibility index (Phi) is 1.79. The molecule has 4 fully saturated rings. The van der Waals surface area contributed by atoms with Gasteiger partial charge in [0.25, 0.3) is 0 Å². The van der Waals surface area contributed by atoms with Crippen molar-refractivity contribution in [2.24, 2.45) is 35.5 Å². The Morgan fingerprint density at radius 3 is 1.21 bits per heavy atom. The fourth-order valence-electron chi connectivity index (χ4n) is 4.87. The second-order valence-electron chi connectivity index (χ2n) is 6.14. The van der Waals surface area contributed by atoms with Gasteiger partial charge in [-0.2, -0.15) is 0 Å². The zero-order valence-electron chi connectivity index (χ0n) is 10.7. The van der Waals surface area contributed by atoms with Gasteiger partial charge in [-0.05, 0) is 18.3 Å². The molecule has 0 aromatic rings. The Morgan fingerprint density at radius 2 is 0.947 bits per heavy atom. The molecule has 6 heteroatoms. The van der Waals surface area contributed by atoms with Crippen LogP contribution in [0.4, 0.5) is 0 Å². The average molecular weight is 262 g/mol. The van der Waals surface area contributed by atoms with E-state index in [-0.39, 0.29) is 59.1 Å². The molecule has 0 spiro atoms. The topological polar surface area (TPSA) is 74.8 Å². The quantitative estimate of drug-likeness (QED) is 0.530. The van der Waals surface area contributed by atoms with Gasteiger partial charge in [-0.3, -0.25) is 29.0 Å². The molecule has 0 aromatic heterocycles. The van der Waals surface area contributed by atoms with Crippen molar-refractivity contribution < 1.29 is 19.2 Å². The van der Waals surface area contributed by atoms with Gasteiger partial charge in [0.05, 0.1) is 23.7 Å². The lowest BCUT2D eigenvalue weighted by atomic mass is 9.70. The lowest BCUT2D eigenvalue weighted by molar-refractivity contribution is -0.139. The summed E-state index contributed by atoms with van der Waals surface area (Å²) in [7, 11) is 2.99. The third-order valence-corrected chi connectivity index (χ3v) is 5.63. The van der Waals surface area contributed by atoms with Crippen molar-refractivity contribution in [3.05, 3.63) is 0 Å². The van der Waals surface area contributed by atoms with Gasteiger partial charge in [-0.25, -0.2) is 0 Å². The Bertz CT molecular complexity index is 465. The number of rotatable bonds is 0. The molecule has 4 rings (SSSR count). The van der Waals surface area contributed by atoms with Crippen molar-refractivity contribution in [2.75, 3.05) is 14.1 Å². The summed E-state index contributed by atoms with van der Waals surface area (Å²) in [4.78, 5) is 50.9. The van der Waals surface area contributed by atoms with Crippen molar-refractivity contribution in [2.45, 2.75) is 6.42 Å². The van der Waals surface area contributed by atoms with Crippen molar-refractivity contribution in [1.29, 1.82) is 0 Å². The van der Waals surface area contributed by atoms with Crippen LogP contribution >= 0.6 is 0 Å². The summed E-state index contributed by atoms with van der Waals surface area (Å²) in [6.45, 7) is 0. The molecule has 2 aliphatic heterocycles. The van der Waals surface area contributed by atoms with Crippen LogP contribution in [0.15, 0.2) is 0 Å². The number of hydrogen-bond acceptors (Lipinski definition) is 4. The molecule has 0 aromatic carbocycles. The van der Waals surface area contributed by atoms with Crippen LogP contribution in [0.3, 0.4) is 0 Å². The van der Waals surface area contributed by atoms with E-state index in [2.05, 4.69) is 0 Å². The minimum Gasteiger partial charge on any atom is -0.285 e. The van der Waals surface area contributed by atoms with E-state index in [0.29, 0.717) is 6.42 Å². The summed E-state index contributed by atoms with van der Waals surface area (Å²) in [6, 6.07) is 0. The van der Waals surface area contributed by atoms with Gasteiger partial charge in [0.2, 0.25) is 23.6 Å². The van der Waals surface area contributed by atoms with Gasteiger partial charge < -0.3 is 0 Å². The maximum Gasteiger partial charge on any atom is 0.233 e. The Hall–Kier alpha value is -1.72. The first-order valence-corrected chi connectivity index (χ1v) is 6.58. The van der Waals surface area contributed by atoms with Crippen molar-refractivity contribution in [3.63, 3.8) is 0 Å². The highest BCUT2D eigenvalue weighted by atomic mass is 16.2. The zero-order chi connectivity index (χ0) is 13.6. The summed E-state index contributed by atoms with van der Waals surface area (Å²) in [5.74, 6) is -2.40. The van der Waals surface area contributed by atoms with E-state index in [1.165, 1.54) is 23.9 Å². The maximum atomic E-state index is 12.1. The number of fused-ring (bicyclic) bond motifs is 8. The van der Waals surface area contributed by atoms with Crippen LogP contribution < -0.4 is 0 Å². The van der Waals surface area contributed by atoms with E-state index in [9.17, 15) is 19.2 Å². The van der Waals surface area contributed by atoms with Gasteiger partial charge in [0, 0.05) is 14.1 Å². The summed E-state index contributed by atoms with van der Waals surface area (Å²) in [6.07, 6.45) is 0.668. The standard InChI is InChI=1S/C13H14N2O4/c1-14-10(16)6-4-3-5(7(6)11(14)17)9-8(4)12(18)15(2)13(9)19/h4-9H,3H2,1-2H3. The van der Waals surface area contributed by atoms with Crippen LogP contribution in [-0.4, -0.2) is 47.5 Å². The third kappa shape index (κ3) is 0.977. The second-order valence-corrected chi connectivity index (χ2v) is 6.14. The molecule has 0 N–H and O–H groups in total. The first kappa shape index (κ1) is 11.1. The van der Waals surface area contributed by atoms with Crippen LogP contribution in [0.5, 0.6) is 0 Å². The molecule has 2 heterocycles. The highest BCUT2D eigenvalue weighted by Gasteiger charge is 2.72. The smallest absolute Gasteiger partial charge is 0.233 e. The fraction of sp³-hybridized carbons (Fsp3) is 0.692. The largest absolute Gasteiger partial charge is 0.285 e. The van der Waals surface area contributed by atoms with E-state index >= 15 is 0 Å². The number of amides is 4. The normalized spacial score (nSPS) is 47.5. The van der Waals surface area contributed by atoms with Gasteiger partial charge in [-0.1, -0.05) is 0 Å². The molecule has 2 saturated carbocycles. The lowest BCUT2D eigenvalue weighted by Crippen LogP contribution is -2.37. The summed E-state index contributed by atoms with van der Waals surface area (Å²) in [5.41, 5.74) is 0. The number of hydrogen-bond donors (Lipinski definition) is 0. The van der Waals surface area contributed by atoms with Crippen molar-refractivity contribution in [3.8, 4) is 0 Å². The molecule has 4 unspecified atom stereocenters. The molecule has 6 nitrogen and oxygen atoms in total. The van der Waals surface area contributed by atoms with Crippen LogP contribution in [0.25, 0.3) is 0 Å². The average Bonchev–Trinajstić information content (AvgIpc) is 3.06. The third-order valence-electron chi connectivity index (χ3n) is 5.63. The highest BCUT2D eigenvalue weighted by molar-refractivity contribution is 6.10. The monoisotopic (exact) mass is 262 g/mol. The Balaban J connectivity index is 1.81. The molecule has 2 aliphatic carbocycles. The minimum absolute atomic E-state index is 0.122. The molecule has 2 saturated heterocycles. The molecule has 2 bridgehead atoms. The molecular formula is C13H14N2O4. The molecule has 19 heavy (non-hydrogen) atoms. The van der Waals surface area contributed by atoms with Gasteiger partial charge in [-0.15, -0.1) is 0 Å². The first-order valence-electron chi connectivity index (χ1n) is 6.58. The number of carbonyl (C=O) groups excluding carboxylic acids is 4. The molecule has 4 aliphatic rings. The second kappa shape index (κ2) is 3.05. The molecular weight excluding hydrogens is 248 g/mol. The van der Waals surface area contributed by atoms with Gasteiger partial charge >= 0.3 is 0 Å². The first-order chi connectivity index (χ1) is 8.95. The lowest BCUT2D eigenvalue weighted by Gasteiger charge is -2.27. The van der Waals surface area contributed by atoms with Gasteiger partial charge in [0.15, 0.2) is 0 Å². The van der Waals surface area contributed by atoms with Crippen LogP contribution in [0, 0.1) is 35.5 Å². The SMILES string of the molecule is CN1C(=O)C2C3CC(C2C1=O)C1C(=O)N(C)C(=O)C31. The summed E-state index contributed by atoms with van der Waals surface area (Å²) >= 11 is 0. The number of imide groups is 2. The van der Waals surface area contributed by atoms with Gasteiger partial charge in [0.1, 0.15) is 0 Å². The molecule has 4 amide bonds. The predicted octanol–water partition coefficient (Wildman–Crippen LogP) is -0.902. The van der Waals surface area contributed by atoms with Crippen LogP contribution in [0.2, 0.25) is 0 Å². The van der Waals surface area contributed by atoms with E-state index < -0.39 is 0 Å². The number of likely N-dealkylation sites (tertiary alicyclic amines) is 2.